The van der Waals surface area contributed by atoms with Crippen LogP contribution in [-0.4, -0.2) is 23.4 Å². The normalized spacial score (nSPS) is 25.8. The maximum absolute atomic E-state index is 13.1. The van der Waals surface area contributed by atoms with Crippen molar-refractivity contribution in [1.82, 2.24) is 0 Å². The predicted molar refractivity (Wildman–Crippen MR) is 66.1 cm³/mol. The van der Waals surface area contributed by atoms with Crippen molar-refractivity contribution < 1.29 is 27.8 Å². The summed E-state index contributed by atoms with van der Waals surface area (Å²) in [7, 11) is 0. The molecule has 0 aromatic heterocycles. The second-order valence-corrected chi connectivity index (χ2v) is 5.58. The molecule has 1 aromatic rings. The molecule has 0 bridgehead atoms. The molecule has 0 saturated heterocycles. The van der Waals surface area contributed by atoms with Crippen molar-refractivity contribution in [3.63, 3.8) is 0 Å². The quantitative estimate of drug-likeness (QED) is 0.862. The van der Waals surface area contributed by atoms with Crippen LogP contribution in [0.4, 0.5) is 13.2 Å². The molecular formula is C13H12ClF3O3. The van der Waals surface area contributed by atoms with E-state index in [0.29, 0.717) is 5.56 Å². The summed E-state index contributed by atoms with van der Waals surface area (Å²) in [5.41, 5.74) is -0.974. The molecule has 1 heterocycles. The lowest BCUT2D eigenvalue weighted by Gasteiger charge is -2.40. The molecule has 20 heavy (non-hydrogen) atoms. The van der Waals surface area contributed by atoms with Crippen LogP contribution in [0.2, 0.25) is 5.02 Å². The Labute approximate surface area is 118 Å². The summed E-state index contributed by atoms with van der Waals surface area (Å²) in [5.74, 6) is -1.64. The number of fused-ring (bicyclic) bond motifs is 1. The van der Waals surface area contributed by atoms with Gasteiger partial charge in [0.15, 0.2) is 0 Å². The van der Waals surface area contributed by atoms with E-state index in [4.69, 9.17) is 16.3 Å². The van der Waals surface area contributed by atoms with Gasteiger partial charge in [-0.1, -0.05) is 17.7 Å². The Bertz CT molecular complexity index is 571. The van der Waals surface area contributed by atoms with Gasteiger partial charge in [-0.15, -0.1) is 0 Å². The highest BCUT2D eigenvalue weighted by atomic mass is 35.5. The van der Waals surface area contributed by atoms with Crippen molar-refractivity contribution in [3.8, 4) is 5.75 Å². The van der Waals surface area contributed by atoms with Crippen molar-refractivity contribution >= 4 is 17.6 Å². The van der Waals surface area contributed by atoms with Crippen LogP contribution < -0.4 is 4.74 Å². The standard InChI is InChI=1S/C13H12ClF3O3/c1-6-3-7-5-12(2,11(18)19)10(13(15,16)17)20-9(7)8(14)4-6/h3-4,10H,5H2,1-2H3,(H,18,19). The monoisotopic (exact) mass is 308 g/mol. The van der Waals surface area contributed by atoms with Gasteiger partial charge in [0.2, 0.25) is 6.10 Å². The number of halogens is 4. The highest BCUT2D eigenvalue weighted by Crippen LogP contribution is 2.47. The lowest BCUT2D eigenvalue weighted by Crippen LogP contribution is -2.55. The molecule has 1 aromatic carbocycles. The van der Waals surface area contributed by atoms with Crippen LogP contribution in [0.15, 0.2) is 12.1 Å². The molecule has 0 amide bonds. The van der Waals surface area contributed by atoms with Gasteiger partial charge in [-0.2, -0.15) is 13.2 Å². The van der Waals surface area contributed by atoms with Gasteiger partial charge in [-0.25, -0.2) is 0 Å². The van der Waals surface area contributed by atoms with E-state index in [1.54, 1.807) is 13.0 Å². The second kappa shape index (κ2) is 4.55. The summed E-state index contributed by atoms with van der Waals surface area (Å²) >= 11 is 5.90. The van der Waals surface area contributed by atoms with E-state index in [9.17, 15) is 23.1 Å². The van der Waals surface area contributed by atoms with E-state index in [1.165, 1.54) is 6.07 Å². The van der Waals surface area contributed by atoms with Crippen molar-refractivity contribution in [2.45, 2.75) is 32.5 Å². The molecule has 1 aliphatic rings. The van der Waals surface area contributed by atoms with Crippen LogP contribution in [0.5, 0.6) is 5.75 Å². The molecule has 7 heteroatoms. The van der Waals surface area contributed by atoms with Gasteiger partial charge in [-0.3, -0.25) is 4.79 Å². The molecule has 1 N–H and O–H groups in total. The Hall–Kier alpha value is -1.43. The Morgan fingerprint density at radius 2 is 2.10 bits per heavy atom. The molecule has 0 saturated carbocycles. The van der Waals surface area contributed by atoms with Crippen LogP contribution >= 0.6 is 11.6 Å². The number of carbonyl (C=O) groups is 1. The fraction of sp³-hybridized carbons (Fsp3) is 0.462. The fourth-order valence-electron chi connectivity index (χ4n) is 2.42. The van der Waals surface area contributed by atoms with E-state index < -0.39 is 23.7 Å². The second-order valence-electron chi connectivity index (χ2n) is 5.17. The highest BCUT2D eigenvalue weighted by molar-refractivity contribution is 6.32. The maximum Gasteiger partial charge on any atom is 0.426 e. The zero-order chi connectivity index (χ0) is 15.3. The molecule has 3 nitrogen and oxygen atoms in total. The minimum atomic E-state index is -4.79. The fourth-order valence-corrected chi connectivity index (χ4v) is 2.75. The highest BCUT2D eigenvalue weighted by Gasteiger charge is 2.59. The number of benzene rings is 1. The van der Waals surface area contributed by atoms with Gasteiger partial charge in [-0.05, 0) is 37.5 Å². The van der Waals surface area contributed by atoms with Crippen LogP contribution in [0, 0.1) is 12.3 Å². The van der Waals surface area contributed by atoms with E-state index in [0.717, 1.165) is 12.5 Å². The summed E-state index contributed by atoms with van der Waals surface area (Å²) in [4.78, 5) is 11.3. The van der Waals surface area contributed by atoms with Gasteiger partial charge in [0.05, 0.1) is 5.02 Å². The minimum absolute atomic E-state index is 0.0571. The molecule has 0 fully saturated rings. The number of alkyl halides is 3. The van der Waals surface area contributed by atoms with E-state index in [1.807, 2.05) is 0 Å². The SMILES string of the molecule is Cc1cc(Cl)c2c(c1)CC(C)(C(=O)O)C(C(F)(F)F)O2. The Morgan fingerprint density at radius 1 is 1.50 bits per heavy atom. The lowest BCUT2D eigenvalue weighted by atomic mass is 9.76. The first-order chi connectivity index (χ1) is 9.05. The van der Waals surface area contributed by atoms with E-state index in [2.05, 4.69) is 0 Å². The molecule has 2 atom stereocenters. The molecule has 0 aliphatic carbocycles. The van der Waals surface area contributed by atoms with Gasteiger partial charge in [0, 0.05) is 0 Å². The third-order valence-electron chi connectivity index (χ3n) is 3.42. The summed E-state index contributed by atoms with van der Waals surface area (Å²) in [6.45, 7) is 2.76. The molecule has 0 spiro atoms. The molecular weight excluding hydrogens is 297 g/mol. The van der Waals surface area contributed by atoms with Crippen LogP contribution in [0.1, 0.15) is 18.1 Å². The molecule has 1 aliphatic heterocycles. The van der Waals surface area contributed by atoms with Gasteiger partial charge in [0.25, 0.3) is 0 Å². The average molecular weight is 309 g/mol. The van der Waals surface area contributed by atoms with Crippen molar-refractivity contribution in [2.75, 3.05) is 0 Å². The molecule has 110 valence electrons. The maximum atomic E-state index is 13.1. The van der Waals surface area contributed by atoms with Crippen LogP contribution in [0.3, 0.4) is 0 Å². The first-order valence-corrected chi connectivity index (χ1v) is 6.19. The number of aryl methyl sites for hydroxylation is 1. The Morgan fingerprint density at radius 3 is 2.60 bits per heavy atom. The van der Waals surface area contributed by atoms with Gasteiger partial charge in [0.1, 0.15) is 11.2 Å². The number of carboxylic acid groups (broad SMARTS) is 1. The first kappa shape index (κ1) is 15.0. The van der Waals surface area contributed by atoms with E-state index in [-0.39, 0.29) is 17.2 Å². The number of carboxylic acids is 1. The Kier molecular flexibility index (Phi) is 3.40. The van der Waals surface area contributed by atoms with Gasteiger partial charge >= 0.3 is 12.1 Å². The molecule has 2 unspecified atom stereocenters. The number of hydrogen-bond acceptors (Lipinski definition) is 2. The number of ether oxygens (including phenoxy) is 1. The lowest BCUT2D eigenvalue weighted by molar-refractivity contribution is -0.234. The number of rotatable bonds is 1. The predicted octanol–water partition coefficient (Wildman–Crippen LogP) is 3.61. The summed E-state index contributed by atoms with van der Waals surface area (Å²) < 4.78 is 44.1. The smallest absolute Gasteiger partial charge is 0.426 e. The van der Waals surface area contributed by atoms with Gasteiger partial charge < -0.3 is 9.84 Å². The van der Waals surface area contributed by atoms with E-state index >= 15 is 0 Å². The zero-order valence-corrected chi connectivity index (χ0v) is 11.5. The van der Waals surface area contributed by atoms with Crippen molar-refractivity contribution in [3.05, 3.63) is 28.3 Å². The number of hydrogen-bond donors (Lipinski definition) is 1. The summed E-state index contributed by atoms with van der Waals surface area (Å²) in [6, 6.07) is 3.08. The van der Waals surface area contributed by atoms with Crippen molar-refractivity contribution in [1.29, 1.82) is 0 Å². The van der Waals surface area contributed by atoms with Crippen molar-refractivity contribution in [2.24, 2.45) is 5.41 Å². The van der Waals surface area contributed by atoms with Crippen LogP contribution in [0.25, 0.3) is 0 Å². The Balaban J connectivity index is 2.59. The third-order valence-corrected chi connectivity index (χ3v) is 3.70. The zero-order valence-electron chi connectivity index (χ0n) is 10.7. The number of aliphatic carboxylic acids is 1. The largest absolute Gasteiger partial charge is 0.481 e. The first-order valence-electron chi connectivity index (χ1n) is 5.81. The topological polar surface area (TPSA) is 46.5 Å². The molecule has 2 rings (SSSR count). The summed E-state index contributed by atoms with van der Waals surface area (Å²) in [6.07, 6.45) is -7.51. The average Bonchev–Trinajstić information content (AvgIpc) is 2.25. The summed E-state index contributed by atoms with van der Waals surface area (Å²) in [5, 5.41) is 9.24. The third kappa shape index (κ3) is 2.32. The van der Waals surface area contributed by atoms with Crippen LogP contribution in [-0.2, 0) is 11.2 Å². The minimum Gasteiger partial charge on any atom is -0.481 e. The molecule has 0 radical (unpaired) electrons.